The van der Waals surface area contributed by atoms with E-state index in [4.69, 9.17) is 0 Å². The second kappa shape index (κ2) is 7.04. The molecular formula is C12H19Cl2N3O2S. The van der Waals surface area contributed by atoms with E-state index in [2.05, 4.69) is 15.2 Å². The fourth-order valence-electron chi connectivity index (χ4n) is 2.84. The van der Waals surface area contributed by atoms with Gasteiger partial charge in [0, 0.05) is 37.9 Å². The molecule has 0 radical (unpaired) electrons. The maximum absolute atomic E-state index is 11.7. The van der Waals surface area contributed by atoms with Crippen molar-refractivity contribution in [2.24, 2.45) is 0 Å². The van der Waals surface area contributed by atoms with Gasteiger partial charge < -0.3 is 5.32 Å². The van der Waals surface area contributed by atoms with Gasteiger partial charge in [0.2, 0.25) is 0 Å². The van der Waals surface area contributed by atoms with E-state index >= 15 is 0 Å². The van der Waals surface area contributed by atoms with Crippen molar-refractivity contribution >= 4 is 34.7 Å². The lowest BCUT2D eigenvalue weighted by Gasteiger charge is -2.37. The molecule has 5 nitrogen and oxygen atoms in total. The molecule has 0 amide bonds. The van der Waals surface area contributed by atoms with Gasteiger partial charge in [0.05, 0.1) is 17.2 Å². The summed E-state index contributed by atoms with van der Waals surface area (Å²) in [5.41, 5.74) is 1.00. The lowest BCUT2D eigenvalue weighted by molar-refractivity contribution is 0.139. The van der Waals surface area contributed by atoms with E-state index in [1.807, 2.05) is 18.2 Å². The van der Waals surface area contributed by atoms with Crippen LogP contribution in [0.2, 0.25) is 0 Å². The molecule has 0 saturated carbocycles. The van der Waals surface area contributed by atoms with Crippen LogP contribution >= 0.6 is 24.8 Å². The summed E-state index contributed by atoms with van der Waals surface area (Å²) in [4.78, 5) is 6.56. The Hall–Kier alpha value is -0.400. The fourth-order valence-corrected chi connectivity index (χ4v) is 4.83. The number of rotatable bonds is 2. The first-order chi connectivity index (χ1) is 8.64. The van der Waals surface area contributed by atoms with Crippen LogP contribution in [0, 0.1) is 0 Å². The number of nitrogens with zero attached hydrogens (tertiary/aromatic N) is 2. The zero-order chi connectivity index (χ0) is 12.6. The summed E-state index contributed by atoms with van der Waals surface area (Å²) in [7, 11) is -2.88. The molecule has 2 saturated heterocycles. The maximum Gasteiger partial charge on any atom is 0.153 e. The molecule has 2 atom stereocenters. The van der Waals surface area contributed by atoms with Crippen LogP contribution in [0.1, 0.15) is 5.69 Å². The number of aromatic nitrogens is 1. The van der Waals surface area contributed by atoms with Crippen molar-refractivity contribution in [3.63, 3.8) is 0 Å². The molecule has 114 valence electrons. The number of halogens is 2. The normalized spacial score (nSPS) is 28.0. The van der Waals surface area contributed by atoms with Gasteiger partial charge in [0.15, 0.2) is 9.84 Å². The molecule has 1 aromatic heterocycles. The molecule has 1 N–H and O–H groups in total. The van der Waals surface area contributed by atoms with Crippen molar-refractivity contribution in [2.45, 2.75) is 18.6 Å². The topological polar surface area (TPSA) is 62.3 Å². The molecule has 2 aliphatic heterocycles. The summed E-state index contributed by atoms with van der Waals surface area (Å²) < 4.78 is 23.4. The minimum absolute atomic E-state index is 0. The van der Waals surface area contributed by atoms with E-state index in [9.17, 15) is 8.42 Å². The van der Waals surface area contributed by atoms with Crippen LogP contribution in [0.5, 0.6) is 0 Å². The van der Waals surface area contributed by atoms with Crippen LogP contribution in [0.4, 0.5) is 0 Å². The van der Waals surface area contributed by atoms with Gasteiger partial charge in [0.1, 0.15) is 0 Å². The summed E-state index contributed by atoms with van der Waals surface area (Å²) in [6, 6.07) is 6.04. The van der Waals surface area contributed by atoms with Crippen LogP contribution < -0.4 is 5.32 Å². The zero-order valence-corrected chi connectivity index (χ0v) is 13.4. The van der Waals surface area contributed by atoms with Crippen molar-refractivity contribution in [1.29, 1.82) is 0 Å². The van der Waals surface area contributed by atoms with Crippen molar-refractivity contribution in [1.82, 2.24) is 15.2 Å². The summed E-state index contributed by atoms with van der Waals surface area (Å²) in [5, 5.41) is 3.31. The van der Waals surface area contributed by atoms with E-state index < -0.39 is 9.84 Å². The highest BCUT2D eigenvalue weighted by Gasteiger charge is 2.42. The van der Waals surface area contributed by atoms with Crippen LogP contribution in [0.15, 0.2) is 24.4 Å². The predicted octanol–water partition coefficient (Wildman–Crippen LogP) is 0.496. The first kappa shape index (κ1) is 17.7. The van der Waals surface area contributed by atoms with Crippen LogP contribution in [0.25, 0.3) is 0 Å². The first-order valence-corrected chi connectivity index (χ1v) is 8.04. The van der Waals surface area contributed by atoms with Crippen LogP contribution in [0.3, 0.4) is 0 Å². The molecule has 0 bridgehead atoms. The monoisotopic (exact) mass is 339 g/mol. The third kappa shape index (κ3) is 3.83. The Morgan fingerprint density at radius 2 is 2.10 bits per heavy atom. The molecule has 1 aromatic rings. The number of nitrogens with one attached hydrogen (secondary N) is 1. The molecule has 3 heterocycles. The summed E-state index contributed by atoms with van der Waals surface area (Å²) in [6.45, 7) is 2.47. The maximum atomic E-state index is 11.7. The summed E-state index contributed by atoms with van der Waals surface area (Å²) >= 11 is 0. The van der Waals surface area contributed by atoms with Gasteiger partial charge in [-0.05, 0) is 12.1 Å². The highest BCUT2D eigenvalue weighted by Crippen LogP contribution is 2.22. The first-order valence-electron chi connectivity index (χ1n) is 6.22. The van der Waals surface area contributed by atoms with Gasteiger partial charge in [-0.15, -0.1) is 24.8 Å². The molecule has 0 spiro atoms. The molecule has 0 unspecified atom stereocenters. The Balaban J connectivity index is 0.000001000. The van der Waals surface area contributed by atoms with Gasteiger partial charge in [-0.1, -0.05) is 6.07 Å². The summed E-state index contributed by atoms with van der Waals surface area (Å²) in [5.74, 6) is 0.549. The van der Waals surface area contributed by atoms with E-state index in [1.54, 1.807) is 6.20 Å². The van der Waals surface area contributed by atoms with Crippen molar-refractivity contribution < 1.29 is 8.42 Å². The smallest absolute Gasteiger partial charge is 0.153 e. The summed E-state index contributed by atoms with van der Waals surface area (Å²) in [6.07, 6.45) is 1.78. The number of pyridine rings is 1. The Kier molecular flexibility index (Phi) is 6.22. The minimum Gasteiger partial charge on any atom is -0.310 e. The zero-order valence-electron chi connectivity index (χ0n) is 10.9. The number of sulfone groups is 1. The van der Waals surface area contributed by atoms with E-state index in [0.29, 0.717) is 0 Å². The second-order valence-corrected chi connectivity index (χ2v) is 7.15. The van der Waals surface area contributed by atoms with E-state index in [-0.39, 0.29) is 48.4 Å². The van der Waals surface area contributed by atoms with Crippen molar-refractivity contribution in [2.75, 3.05) is 24.6 Å². The molecule has 2 fully saturated rings. The second-order valence-electron chi connectivity index (χ2n) is 5.00. The highest BCUT2D eigenvalue weighted by molar-refractivity contribution is 7.91. The molecular weight excluding hydrogens is 321 g/mol. The van der Waals surface area contributed by atoms with Crippen LogP contribution in [-0.2, 0) is 16.4 Å². The SMILES string of the molecule is Cl.Cl.O=S1(=O)C[C@@H]2NCCN(Cc3ccccn3)[C@@H]2C1. The molecule has 3 rings (SSSR count). The predicted molar refractivity (Wildman–Crippen MR) is 83.4 cm³/mol. The van der Waals surface area contributed by atoms with Crippen LogP contribution in [-0.4, -0.2) is 55.0 Å². The quantitative estimate of drug-likeness (QED) is 0.849. The average Bonchev–Trinajstić information content (AvgIpc) is 2.66. The van der Waals surface area contributed by atoms with Crippen molar-refractivity contribution in [3.05, 3.63) is 30.1 Å². The Morgan fingerprint density at radius 3 is 2.80 bits per heavy atom. The van der Waals surface area contributed by atoms with Gasteiger partial charge in [-0.2, -0.15) is 0 Å². The Morgan fingerprint density at radius 1 is 1.30 bits per heavy atom. The third-order valence-electron chi connectivity index (χ3n) is 3.69. The standard InChI is InChI=1S/C12H17N3O2S.2ClH/c16-18(17)8-11-12(9-18)15(6-5-14-11)7-10-3-1-2-4-13-10;;/h1-4,11-12,14H,5-9H2;2*1H/t11-,12+;;/m0../s1. The number of hydrogen-bond donors (Lipinski definition) is 1. The van der Waals surface area contributed by atoms with E-state index in [1.165, 1.54) is 0 Å². The average molecular weight is 340 g/mol. The number of hydrogen-bond acceptors (Lipinski definition) is 5. The van der Waals surface area contributed by atoms with Crippen molar-refractivity contribution in [3.8, 4) is 0 Å². The Labute approximate surface area is 131 Å². The molecule has 0 aromatic carbocycles. The minimum atomic E-state index is -2.88. The lowest BCUT2D eigenvalue weighted by atomic mass is 10.1. The number of piperazine rings is 1. The fraction of sp³-hybridized carbons (Fsp3) is 0.583. The largest absolute Gasteiger partial charge is 0.310 e. The van der Waals surface area contributed by atoms with E-state index in [0.717, 1.165) is 25.3 Å². The van der Waals surface area contributed by atoms with Gasteiger partial charge in [0.25, 0.3) is 0 Å². The molecule has 0 aliphatic carbocycles. The lowest BCUT2D eigenvalue weighted by Crippen LogP contribution is -2.56. The number of fused-ring (bicyclic) bond motifs is 1. The van der Waals surface area contributed by atoms with Gasteiger partial charge >= 0.3 is 0 Å². The van der Waals surface area contributed by atoms with Gasteiger partial charge in [-0.25, -0.2) is 8.42 Å². The Bertz CT molecular complexity index is 527. The highest BCUT2D eigenvalue weighted by atomic mass is 35.5. The van der Waals surface area contributed by atoms with Gasteiger partial charge in [-0.3, -0.25) is 9.88 Å². The molecule has 8 heteroatoms. The molecule has 20 heavy (non-hydrogen) atoms. The molecule has 2 aliphatic rings. The third-order valence-corrected chi connectivity index (χ3v) is 5.40.